The lowest BCUT2D eigenvalue weighted by Gasteiger charge is -2.19. The van der Waals surface area contributed by atoms with Crippen molar-refractivity contribution in [2.45, 2.75) is 18.3 Å². The van der Waals surface area contributed by atoms with Crippen molar-refractivity contribution in [1.29, 1.82) is 0 Å². The highest BCUT2D eigenvalue weighted by Crippen LogP contribution is 2.00. The van der Waals surface area contributed by atoms with Crippen LogP contribution in [0, 0.1) is 0 Å². The molecule has 0 aliphatic heterocycles. The fourth-order valence-corrected chi connectivity index (χ4v) is 0.602. The molecular weight excluding hydrogens is 224 g/mol. The van der Waals surface area contributed by atoms with E-state index in [-0.39, 0.29) is 0 Å². The molecule has 0 aliphatic rings. The zero-order valence-corrected chi connectivity index (χ0v) is 8.35. The van der Waals surface area contributed by atoms with Crippen LogP contribution in [-0.4, -0.2) is 68.9 Å². The molecule has 0 fully saturated rings. The predicted octanol–water partition coefficient (Wildman–Crippen LogP) is -4.35. The first-order valence-electron chi connectivity index (χ1n) is 4.11. The molecule has 0 bridgehead atoms. The fraction of sp³-hybridized carbons (Fsp3) is 0.714. The third-order valence-corrected chi connectivity index (χ3v) is 1.39. The summed E-state index contributed by atoms with van der Waals surface area (Å²) < 4.78 is 0. The average molecular weight is 240 g/mol. The van der Waals surface area contributed by atoms with Crippen LogP contribution in [-0.2, 0) is 4.79 Å². The second-order valence-electron chi connectivity index (χ2n) is 2.71. The van der Waals surface area contributed by atoms with Crippen LogP contribution in [0.3, 0.4) is 0 Å². The minimum Gasteiger partial charge on any atom is -0.394 e. The van der Waals surface area contributed by atoms with Crippen LogP contribution in [0.15, 0.2) is 0 Å². The average Bonchev–Trinajstić information content (AvgIpc) is 2.24. The van der Waals surface area contributed by atoms with Gasteiger partial charge in [-0.1, -0.05) is 0 Å². The lowest BCUT2D eigenvalue weighted by atomic mass is 10.1. The van der Waals surface area contributed by atoms with Crippen LogP contribution in [0.25, 0.3) is 0 Å². The number of nitrogens with two attached hydrogens (primary N) is 2. The Morgan fingerprint density at radius 2 is 1.44 bits per heavy atom. The zero-order chi connectivity index (χ0) is 13.3. The summed E-state index contributed by atoms with van der Waals surface area (Å²) >= 11 is 0. The molecule has 9 heteroatoms. The van der Waals surface area contributed by atoms with Gasteiger partial charge in [-0.2, -0.15) is 0 Å². The van der Waals surface area contributed by atoms with Crippen LogP contribution in [0.1, 0.15) is 0 Å². The van der Waals surface area contributed by atoms with E-state index in [0.29, 0.717) is 0 Å². The summed E-state index contributed by atoms with van der Waals surface area (Å²) in [5.41, 5.74) is 8.50. The monoisotopic (exact) mass is 240 g/mol. The summed E-state index contributed by atoms with van der Waals surface area (Å²) in [6.45, 7) is -1.69. The van der Waals surface area contributed by atoms with Gasteiger partial charge in [-0.15, -0.1) is 0 Å². The topological polar surface area (TPSA) is 187 Å². The molecule has 3 atom stereocenters. The molecule has 0 aliphatic carbocycles. The number of aliphatic hydroxyl groups excluding tert-OH is 5. The first kappa shape index (κ1) is 17.1. The third kappa shape index (κ3) is 8.08. The molecule has 0 spiro atoms. The second-order valence-corrected chi connectivity index (χ2v) is 2.71. The minimum absolute atomic E-state index is 0.767. The third-order valence-electron chi connectivity index (χ3n) is 1.39. The van der Waals surface area contributed by atoms with Crippen molar-refractivity contribution in [2.75, 3.05) is 13.2 Å². The molecule has 0 heterocycles. The quantitative estimate of drug-likeness (QED) is 0.252. The molecule has 16 heavy (non-hydrogen) atoms. The molecular formula is C7H16N2O7. The lowest BCUT2D eigenvalue weighted by Crippen LogP contribution is -2.44. The summed E-state index contributed by atoms with van der Waals surface area (Å²) in [5.74, 6) is -1.00. The molecule has 0 saturated heterocycles. The summed E-state index contributed by atoms with van der Waals surface area (Å²) in [6.07, 6.45) is -5.22. The Kier molecular flexibility index (Phi) is 9.65. The van der Waals surface area contributed by atoms with E-state index in [9.17, 15) is 4.79 Å². The number of carbonyl (C=O) groups excluding carboxylic acids is 2. The Morgan fingerprint density at radius 1 is 1.06 bits per heavy atom. The van der Waals surface area contributed by atoms with E-state index < -0.39 is 43.3 Å². The summed E-state index contributed by atoms with van der Waals surface area (Å²) in [5, 5.41) is 43.1. The van der Waals surface area contributed by atoms with E-state index in [2.05, 4.69) is 11.5 Å². The standard InChI is InChI=1S/C6H12O6.CH4N2O/c7-1-3(9)5(11)6(12)4(10)2-8;2-1(3)4/h3,5-9,11-12H,1-2H2;(H4,2,3,4)/t3-,5+,6+;/m1./s1. The zero-order valence-electron chi connectivity index (χ0n) is 8.35. The van der Waals surface area contributed by atoms with E-state index in [1.54, 1.807) is 0 Å². The smallest absolute Gasteiger partial charge is 0.309 e. The Labute approximate surface area is 90.9 Å². The highest BCUT2D eigenvalue weighted by Gasteiger charge is 2.28. The van der Waals surface area contributed by atoms with Crippen molar-refractivity contribution in [3.05, 3.63) is 0 Å². The number of carbonyl (C=O) groups is 2. The Bertz CT molecular complexity index is 219. The summed E-state index contributed by atoms with van der Waals surface area (Å²) in [6, 6.07) is -0.833. The van der Waals surface area contributed by atoms with Gasteiger partial charge >= 0.3 is 6.03 Å². The van der Waals surface area contributed by atoms with Gasteiger partial charge in [0.25, 0.3) is 0 Å². The number of primary amides is 2. The minimum atomic E-state index is -1.86. The molecule has 0 aromatic heterocycles. The van der Waals surface area contributed by atoms with Crippen LogP contribution < -0.4 is 11.5 Å². The predicted molar refractivity (Wildman–Crippen MR) is 51.0 cm³/mol. The van der Waals surface area contributed by atoms with Gasteiger partial charge in [-0.25, -0.2) is 4.79 Å². The van der Waals surface area contributed by atoms with Gasteiger partial charge in [-0.05, 0) is 0 Å². The highest BCUT2D eigenvalue weighted by atomic mass is 16.4. The van der Waals surface area contributed by atoms with Crippen molar-refractivity contribution in [3.8, 4) is 0 Å². The normalized spacial score (nSPS) is 15.3. The van der Waals surface area contributed by atoms with Gasteiger partial charge in [0, 0.05) is 0 Å². The highest BCUT2D eigenvalue weighted by molar-refractivity contribution is 5.84. The van der Waals surface area contributed by atoms with Crippen molar-refractivity contribution in [3.63, 3.8) is 0 Å². The molecule has 96 valence electrons. The molecule has 9 nitrogen and oxygen atoms in total. The van der Waals surface area contributed by atoms with Crippen molar-refractivity contribution >= 4 is 11.8 Å². The molecule has 0 rings (SSSR count). The van der Waals surface area contributed by atoms with Gasteiger partial charge in [0.15, 0.2) is 5.78 Å². The fourth-order valence-electron chi connectivity index (χ4n) is 0.602. The maximum Gasteiger partial charge on any atom is 0.309 e. The maximum absolute atomic E-state index is 10.5. The van der Waals surface area contributed by atoms with Gasteiger partial charge in [-0.3, -0.25) is 4.79 Å². The molecule has 9 N–H and O–H groups in total. The van der Waals surface area contributed by atoms with Crippen molar-refractivity contribution in [2.24, 2.45) is 11.5 Å². The van der Waals surface area contributed by atoms with E-state index in [4.69, 9.17) is 30.3 Å². The van der Waals surface area contributed by atoms with E-state index in [1.807, 2.05) is 0 Å². The van der Waals surface area contributed by atoms with E-state index in [1.165, 1.54) is 0 Å². The van der Waals surface area contributed by atoms with Crippen LogP contribution in [0.4, 0.5) is 4.79 Å². The van der Waals surface area contributed by atoms with Gasteiger partial charge < -0.3 is 37.0 Å². The number of Topliss-reactive ketones (excluding diaryl/α,β-unsaturated/α-hetero) is 1. The van der Waals surface area contributed by atoms with Gasteiger partial charge in [0.1, 0.15) is 24.9 Å². The van der Waals surface area contributed by atoms with Gasteiger partial charge in [0.05, 0.1) is 6.61 Å². The molecule has 0 aromatic carbocycles. The van der Waals surface area contributed by atoms with Crippen LogP contribution in [0.5, 0.6) is 0 Å². The molecule has 2 amide bonds. The number of aliphatic hydroxyl groups is 5. The van der Waals surface area contributed by atoms with Crippen LogP contribution in [0.2, 0.25) is 0 Å². The molecule has 0 aromatic rings. The number of rotatable bonds is 5. The largest absolute Gasteiger partial charge is 0.394 e. The SMILES string of the molecule is NC(N)=O.O=C(CO)[C@H](O)[C@@H](O)[C@H](O)CO. The first-order valence-corrected chi connectivity index (χ1v) is 4.11. The van der Waals surface area contributed by atoms with Crippen LogP contribution >= 0.6 is 0 Å². The first-order chi connectivity index (χ1) is 7.27. The van der Waals surface area contributed by atoms with Crippen molar-refractivity contribution < 1.29 is 35.1 Å². The van der Waals surface area contributed by atoms with E-state index >= 15 is 0 Å². The maximum atomic E-state index is 10.5. The van der Waals surface area contributed by atoms with Gasteiger partial charge in [0.2, 0.25) is 0 Å². The lowest BCUT2D eigenvalue weighted by molar-refractivity contribution is -0.142. The number of amides is 2. The molecule has 0 saturated carbocycles. The summed E-state index contributed by atoms with van der Waals surface area (Å²) in [4.78, 5) is 19.5. The Balaban J connectivity index is 0. The van der Waals surface area contributed by atoms with E-state index in [0.717, 1.165) is 0 Å². The second kappa shape index (κ2) is 9.00. The number of ketones is 1. The summed E-state index contributed by atoms with van der Waals surface area (Å²) in [7, 11) is 0. The Morgan fingerprint density at radius 3 is 1.69 bits per heavy atom. The van der Waals surface area contributed by atoms with Crippen molar-refractivity contribution in [1.82, 2.24) is 0 Å². The number of urea groups is 1. The Hall–Kier alpha value is -1.26. The number of hydrogen-bond acceptors (Lipinski definition) is 7. The molecule has 0 unspecified atom stereocenters. The molecule has 0 radical (unpaired) electrons. The number of hydrogen-bond donors (Lipinski definition) is 7.